The second kappa shape index (κ2) is 5.73. The molecule has 98 valence electrons. The minimum absolute atomic E-state index is 0.0333. The van der Waals surface area contributed by atoms with Gasteiger partial charge in [-0.05, 0) is 31.5 Å². The average molecular weight is 270 g/mol. The molecular formula is C12H16ClN3O2. The minimum Gasteiger partial charge on any atom is -0.409 e. The molecule has 1 rings (SSSR count). The van der Waals surface area contributed by atoms with E-state index in [1.807, 2.05) is 6.92 Å². The van der Waals surface area contributed by atoms with Crippen molar-refractivity contribution < 1.29 is 10.0 Å². The molecular weight excluding hydrogens is 254 g/mol. The minimum atomic E-state index is -0.514. The third-order valence-corrected chi connectivity index (χ3v) is 3.11. The van der Waals surface area contributed by atoms with Crippen LogP contribution in [0.5, 0.6) is 0 Å². The van der Waals surface area contributed by atoms with Crippen molar-refractivity contribution in [1.82, 2.24) is 4.90 Å². The summed E-state index contributed by atoms with van der Waals surface area (Å²) in [5.74, 6) is -0.312. The van der Waals surface area contributed by atoms with E-state index in [2.05, 4.69) is 5.16 Å². The van der Waals surface area contributed by atoms with E-state index in [-0.39, 0.29) is 11.7 Å². The van der Waals surface area contributed by atoms with Gasteiger partial charge in [-0.15, -0.1) is 0 Å². The van der Waals surface area contributed by atoms with E-state index in [9.17, 15) is 4.79 Å². The van der Waals surface area contributed by atoms with Gasteiger partial charge in [0.1, 0.15) is 0 Å². The number of hydrogen-bond donors (Lipinski definition) is 2. The lowest BCUT2D eigenvalue weighted by atomic mass is 10.1. The van der Waals surface area contributed by atoms with Crippen molar-refractivity contribution in [3.05, 3.63) is 34.3 Å². The summed E-state index contributed by atoms with van der Waals surface area (Å²) in [6.45, 7) is 3.55. The largest absolute Gasteiger partial charge is 0.409 e. The number of benzene rings is 1. The molecule has 1 aromatic carbocycles. The van der Waals surface area contributed by atoms with Crippen LogP contribution in [0.25, 0.3) is 0 Å². The van der Waals surface area contributed by atoms with E-state index in [4.69, 9.17) is 22.5 Å². The summed E-state index contributed by atoms with van der Waals surface area (Å²) in [5, 5.41) is 11.9. The van der Waals surface area contributed by atoms with Crippen molar-refractivity contribution in [2.45, 2.75) is 19.9 Å². The molecule has 0 aliphatic rings. The Morgan fingerprint density at radius 2 is 2.17 bits per heavy atom. The summed E-state index contributed by atoms with van der Waals surface area (Å²) < 4.78 is 0. The molecule has 0 aliphatic carbocycles. The highest BCUT2D eigenvalue weighted by molar-refractivity contribution is 6.33. The highest BCUT2D eigenvalue weighted by Crippen LogP contribution is 2.19. The Morgan fingerprint density at radius 1 is 1.56 bits per heavy atom. The highest BCUT2D eigenvalue weighted by atomic mass is 35.5. The van der Waals surface area contributed by atoms with Gasteiger partial charge in [0.25, 0.3) is 5.91 Å². The standard InChI is InChI=1S/C12H16ClN3O2/c1-7-4-5-9(10(13)6-7)12(17)16(3)8(2)11(14)15-18/h4-6,8,18H,1-3H3,(H2,14,15). The molecule has 0 spiro atoms. The molecule has 1 atom stereocenters. The molecule has 0 bridgehead atoms. The molecule has 5 nitrogen and oxygen atoms in total. The van der Waals surface area contributed by atoms with Gasteiger partial charge in [-0.3, -0.25) is 4.79 Å². The second-order valence-corrected chi connectivity index (χ2v) is 4.51. The number of halogens is 1. The number of carbonyl (C=O) groups is 1. The third kappa shape index (κ3) is 2.92. The van der Waals surface area contributed by atoms with Crippen LogP contribution in [0.4, 0.5) is 0 Å². The Morgan fingerprint density at radius 3 is 2.67 bits per heavy atom. The number of likely N-dealkylation sites (N-methyl/N-ethyl adjacent to an activating group) is 1. The fraction of sp³-hybridized carbons (Fsp3) is 0.333. The molecule has 0 saturated carbocycles. The molecule has 0 radical (unpaired) electrons. The number of hydrogen-bond acceptors (Lipinski definition) is 3. The topological polar surface area (TPSA) is 78.9 Å². The van der Waals surface area contributed by atoms with Crippen LogP contribution in [0, 0.1) is 6.92 Å². The van der Waals surface area contributed by atoms with Crippen molar-refractivity contribution >= 4 is 23.3 Å². The smallest absolute Gasteiger partial charge is 0.255 e. The van der Waals surface area contributed by atoms with Crippen LogP contribution in [0.2, 0.25) is 5.02 Å². The fourth-order valence-corrected chi connectivity index (χ4v) is 1.76. The Kier molecular flexibility index (Phi) is 4.55. The zero-order valence-corrected chi connectivity index (χ0v) is 11.3. The zero-order chi connectivity index (χ0) is 13.9. The molecule has 18 heavy (non-hydrogen) atoms. The third-order valence-electron chi connectivity index (χ3n) is 2.80. The Hall–Kier alpha value is -1.75. The van der Waals surface area contributed by atoms with Gasteiger partial charge in [0.2, 0.25) is 0 Å². The number of rotatable bonds is 3. The summed E-state index contributed by atoms with van der Waals surface area (Å²) in [6, 6.07) is 4.67. The molecule has 0 aromatic heterocycles. The second-order valence-electron chi connectivity index (χ2n) is 4.10. The molecule has 0 aliphatic heterocycles. The summed E-state index contributed by atoms with van der Waals surface area (Å²) in [6.07, 6.45) is 0. The molecule has 0 fully saturated rings. The predicted octanol–water partition coefficient (Wildman–Crippen LogP) is 1.86. The van der Waals surface area contributed by atoms with Crippen LogP contribution < -0.4 is 5.73 Å². The maximum Gasteiger partial charge on any atom is 0.255 e. The number of nitrogens with zero attached hydrogens (tertiary/aromatic N) is 2. The summed E-state index contributed by atoms with van der Waals surface area (Å²) >= 11 is 6.03. The Labute approximate surface area is 111 Å². The van der Waals surface area contributed by atoms with Crippen LogP contribution in [-0.4, -0.2) is 34.9 Å². The lowest BCUT2D eigenvalue weighted by Crippen LogP contribution is -2.43. The van der Waals surface area contributed by atoms with Crippen molar-refractivity contribution in [2.24, 2.45) is 10.9 Å². The van der Waals surface area contributed by atoms with Crippen molar-refractivity contribution in [2.75, 3.05) is 7.05 Å². The normalized spacial score (nSPS) is 13.2. The predicted molar refractivity (Wildman–Crippen MR) is 71.2 cm³/mol. The first kappa shape index (κ1) is 14.3. The van der Waals surface area contributed by atoms with Crippen LogP contribution in [0.3, 0.4) is 0 Å². The van der Waals surface area contributed by atoms with Crippen LogP contribution in [0.15, 0.2) is 23.4 Å². The van der Waals surface area contributed by atoms with E-state index in [1.165, 1.54) is 4.90 Å². The van der Waals surface area contributed by atoms with E-state index in [0.29, 0.717) is 10.6 Å². The fourth-order valence-electron chi connectivity index (χ4n) is 1.44. The number of nitrogens with two attached hydrogens (primary N) is 1. The van der Waals surface area contributed by atoms with Gasteiger partial charge >= 0.3 is 0 Å². The molecule has 1 aromatic rings. The van der Waals surface area contributed by atoms with Crippen molar-refractivity contribution in [3.63, 3.8) is 0 Å². The van der Waals surface area contributed by atoms with Gasteiger partial charge in [0.05, 0.1) is 16.6 Å². The Balaban J connectivity index is 3.00. The number of oxime groups is 1. The molecule has 1 amide bonds. The number of amides is 1. The molecule has 0 heterocycles. The maximum atomic E-state index is 12.2. The summed E-state index contributed by atoms with van der Waals surface area (Å²) in [7, 11) is 1.57. The lowest BCUT2D eigenvalue weighted by molar-refractivity contribution is 0.0776. The van der Waals surface area contributed by atoms with E-state index in [0.717, 1.165) is 5.56 Å². The molecule has 1 unspecified atom stereocenters. The number of carbonyl (C=O) groups excluding carboxylic acids is 1. The van der Waals surface area contributed by atoms with Crippen LogP contribution in [-0.2, 0) is 0 Å². The molecule has 0 saturated heterocycles. The SMILES string of the molecule is Cc1ccc(C(=O)N(C)C(C)/C(N)=N/O)c(Cl)c1. The zero-order valence-electron chi connectivity index (χ0n) is 10.5. The van der Waals surface area contributed by atoms with Crippen LogP contribution >= 0.6 is 11.6 Å². The molecule has 3 N–H and O–H groups in total. The van der Waals surface area contributed by atoms with Gasteiger partial charge in [0, 0.05) is 7.05 Å². The number of aryl methyl sites for hydroxylation is 1. The maximum absolute atomic E-state index is 12.2. The van der Waals surface area contributed by atoms with Gasteiger partial charge in [0.15, 0.2) is 5.84 Å². The van der Waals surface area contributed by atoms with E-state index >= 15 is 0 Å². The molecule has 6 heteroatoms. The van der Waals surface area contributed by atoms with E-state index < -0.39 is 6.04 Å². The summed E-state index contributed by atoms with van der Waals surface area (Å²) in [4.78, 5) is 13.6. The van der Waals surface area contributed by atoms with Gasteiger partial charge < -0.3 is 15.8 Å². The van der Waals surface area contributed by atoms with Crippen molar-refractivity contribution in [3.8, 4) is 0 Å². The Bertz CT molecular complexity index is 488. The van der Waals surface area contributed by atoms with Crippen LogP contribution in [0.1, 0.15) is 22.8 Å². The number of amidine groups is 1. The first-order valence-corrected chi connectivity index (χ1v) is 5.77. The quantitative estimate of drug-likeness (QED) is 0.380. The summed E-state index contributed by atoms with van der Waals surface area (Å²) in [5.41, 5.74) is 6.84. The highest BCUT2D eigenvalue weighted by Gasteiger charge is 2.22. The first-order valence-electron chi connectivity index (χ1n) is 5.39. The van der Waals surface area contributed by atoms with Gasteiger partial charge in [-0.1, -0.05) is 22.8 Å². The van der Waals surface area contributed by atoms with E-state index in [1.54, 1.807) is 32.2 Å². The monoisotopic (exact) mass is 269 g/mol. The first-order chi connectivity index (χ1) is 8.38. The van der Waals surface area contributed by atoms with Gasteiger partial charge in [-0.25, -0.2) is 0 Å². The lowest BCUT2D eigenvalue weighted by Gasteiger charge is -2.24. The average Bonchev–Trinajstić information content (AvgIpc) is 2.35. The van der Waals surface area contributed by atoms with Crippen molar-refractivity contribution in [1.29, 1.82) is 0 Å². The van der Waals surface area contributed by atoms with Gasteiger partial charge in [-0.2, -0.15) is 0 Å².